The van der Waals surface area contributed by atoms with Crippen molar-refractivity contribution < 1.29 is 14.3 Å². The Balaban J connectivity index is 1.90. The first-order chi connectivity index (χ1) is 14.8. The Bertz CT molecular complexity index is 1020. The lowest BCUT2D eigenvalue weighted by atomic mass is 9.84. The molecule has 0 aliphatic rings. The van der Waals surface area contributed by atoms with Crippen LogP contribution in [0, 0.1) is 0 Å². The highest BCUT2D eigenvalue weighted by Crippen LogP contribution is 2.36. The van der Waals surface area contributed by atoms with Crippen LogP contribution in [0.15, 0.2) is 72.8 Å². The number of carbonyl (C=O) groups excluding carboxylic acids is 1. The summed E-state index contributed by atoms with van der Waals surface area (Å²) in [6.45, 7) is 7.31. The molecule has 0 saturated heterocycles. The number of carbonyl (C=O) groups is 1. The molecule has 162 valence electrons. The van der Waals surface area contributed by atoms with Crippen LogP contribution in [0.2, 0.25) is 0 Å². The van der Waals surface area contributed by atoms with Gasteiger partial charge in [0.25, 0.3) is 0 Å². The van der Waals surface area contributed by atoms with Crippen LogP contribution in [0.1, 0.15) is 37.5 Å². The van der Waals surface area contributed by atoms with E-state index in [4.69, 9.17) is 9.47 Å². The monoisotopic (exact) mass is 417 g/mol. The van der Waals surface area contributed by atoms with Crippen molar-refractivity contribution in [2.24, 2.45) is 0 Å². The van der Waals surface area contributed by atoms with Gasteiger partial charge in [0.2, 0.25) is 0 Å². The number of benzene rings is 3. The quantitative estimate of drug-likeness (QED) is 0.464. The molecule has 4 heteroatoms. The van der Waals surface area contributed by atoms with Crippen LogP contribution in [0.4, 0.5) is 4.79 Å². The molecule has 0 saturated carbocycles. The van der Waals surface area contributed by atoms with Gasteiger partial charge in [0.1, 0.15) is 19.0 Å². The molecule has 0 fully saturated rings. The Labute approximate surface area is 185 Å². The van der Waals surface area contributed by atoms with Crippen LogP contribution >= 0.6 is 0 Å². The van der Waals surface area contributed by atoms with Crippen molar-refractivity contribution in [1.82, 2.24) is 4.90 Å². The van der Waals surface area contributed by atoms with Gasteiger partial charge in [0, 0.05) is 19.7 Å². The largest absolute Gasteiger partial charge is 0.489 e. The fourth-order valence-corrected chi connectivity index (χ4v) is 3.34. The summed E-state index contributed by atoms with van der Waals surface area (Å²) in [7, 11) is 3.36. The molecular formula is C27H31NO3. The lowest BCUT2D eigenvalue weighted by molar-refractivity contribution is 0.112. The van der Waals surface area contributed by atoms with Crippen LogP contribution in [0.5, 0.6) is 5.75 Å². The second-order valence-electron chi connectivity index (χ2n) is 8.84. The van der Waals surface area contributed by atoms with E-state index < -0.39 is 0 Å². The highest BCUT2D eigenvalue weighted by Gasteiger charge is 2.21. The van der Waals surface area contributed by atoms with Crippen molar-refractivity contribution >= 4 is 6.09 Å². The van der Waals surface area contributed by atoms with Crippen LogP contribution in [-0.2, 0) is 23.4 Å². The van der Waals surface area contributed by atoms with Gasteiger partial charge in [0.15, 0.2) is 0 Å². The molecule has 0 heterocycles. The zero-order valence-electron chi connectivity index (χ0n) is 19.0. The third-order valence-corrected chi connectivity index (χ3v) is 5.07. The average Bonchev–Trinajstić information content (AvgIpc) is 2.76. The molecule has 1 amide bonds. The number of ether oxygens (including phenoxy) is 2. The summed E-state index contributed by atoms with van der Waals surface area (Å²) in [6.07, 6.45) is -0.352. The standard InChI is InChI=1S/C27H31NO3/c1-27(2,3)24-17-21(15-16-25(24)30-18-20-11-7-6-8-12-20)23-14-10-9-13-22(23)19-31-26(29)28(4)5/h6-17H,18-19H2,1-5H3. The van der Waals surface area contributed by atoms with E-state index in [0.717, 1.165) is 33.6 Å². The topological polar surface area (TPSA) is 38.8 Å². The summed E-state index contributed by atoms with van der Waals surface area (Å²) in [4.78, 5) is 13.3. The lowest BCUT2D eigenvalue weighted by Crippen LogP contribution is -2.22. The van der Waals surface area contributed by atoms with Gasteiger partial charge in [0.05, 0.1) is 0 Å². The van der Waals surface area contributed by atoms with Gasteiger partial charge in [-0.1, -0.05) is 81.4 Å². The zero-order valence-corrected chi connectivity index (χ0v) is 19.0. The zero-order chi connectivity index (χ0) is 22.4. The Kier molecular flexibility index (Phi) is 7.01. The van der Waals surface area contributed by atoms with E-state index in [0.29, 0.717) is 6.61 Å². The normalized spacial score (nSPS) is 11.1. The van der Waals surface area contributed by atoms with Crippen molar-refractivity contribution in [1.29, 1.82) is 0 Å². The van der Waals surface area contributed by atoms with Crippen molar-refractivity contribution in [3.8, 4) is 16.9 Å². The van der Waals surface area contributed by atoms with E-state index in [1.54, 1.807) is 14.1 Å². The van der Waals surface area contributed by atoms with E-state index in [1.165, 1.54) is 4.90 Å². The van der Waals surface area contributed by atoms with Crippen molar-refractivity contribution in [3.63, 3.8) is 0 Å². The fourth-order valence-electron chi connectivity index (χ4n) is 3.34. The molecule has 0 radical (unpaired) electrons. The third kappa shape index (κ3) is 5.88. The minimum atomic E-state index is -0.352. The molecule has 0 bridgehead atoms. The number of amides is 1. The van der Waals surface area contributed by atoms with E-state index in [2.05, 4.69) is 51.1 Å². The van der Waals surface area contributed by atoms with Crippen LogP contribution in [-0.4, -0.2) is 25.1 Å². The van der Waals surface area contributed by atoms with Gasteiger partial charge >= 0.3 is 6.09 Å². The SMILES string of the molecule is CN(C)C(=O)OCc1ccccc1-c1ccc(OCc2ccccc2)c(C(C)(C)C)c1. The molecule has 0 N–H and O–H groups in total. The smallest absolute Gasteiger partial charge is 0.409 e. The summed E-state index contributed by atoms with van der Waals surface area (Å²) in [5.41, 5.74) is 5.28. The fraction of sp³-hybridized carbons (Fsp3) is 0.296. The second-order valence-corrected chi connectivity index (χ2v) is 8.84. The molecule has 3 rings (SSSR count). The second kappa shape index (κ2) is 9.69. The summed E-state index contributed by atoms with van der Waals surface area (Å²) in [5.74, 6) is 0.886. The molecule has 0 aromatic heterocycles. The minimum Gasteiger partial charge on any atom is -0.489 e. The maximum atomic E-state index is 11.9. The predicted molar refractivity (Wildman–Crippen MR) is 125 cm³/mol. The van der Waals surface area contributed by atoms with Gasteiger partial charge < -0.3 is 14.4 Å². The summed E-state index contributed by atoms with van der Waals surface area (Å²) < 4.78 is 11.6. The first kappa shape index (κ1) is 22.4. The molecule has 3 aromatic rings. The van der Waals surface area contributed by atoms with Crippen molar-refractivity contribution in [3.05, 3.63) is 89.5 Å². The highest BCUT2D eigenvalue weighted by molar-refractivity contribution is 5.71. The molecule has 31 heavy (non-hydrogen) atoms. The van der Waals surface area contributed by atoms with Gasteiger partial charge in [-0.3, -0.25) is 0 Å². The molecule has 3 aromatic carbocycles. The Morgan fingerprint density at radius 3 is 2.23 bits per heavy atom. The molecule has 0 aliphatic heterocycles. The van der Waals surface area contributed by atoms with E-state index in [-0.39, 0.29) is 18.1 Å². The van der Waals surface area contributed by atoms with Gasteiger partial charge in [-0.15, -0.1) is 0 Å². The number of hydrogen-bond acceptors (Lipinski definition) is 3. The maximum Gasteiger partial charge on any atom is 0.409 e. The van der Waals surface area contributed by atoms with Gasteiger partial charge in [-0.25, -0.2) is 4.79 Å². The molecule has 0 atom stereocenters. The van der Waals surface area contributed by atoms with Gasteiger partial charge in [-0.05, 0) is 39.8 Å². The molecule has 0 aliphatic carbocycles. The predicted octanol–water partition coefficient (Wildman–Crippen LogP) is 6.43. The van der Waals surface area contributed by atoms with Crippen molar-refractivity contribution in [2.45, 2.75) is 39.4 Å². The van der Waals surface area contributed by atoms with E-state index in [1.807, 2.05) is 42.5 Å². The Hall–Kier alpha value is -3.27. The number of hydrogen-bond donors (Lipinski definition) is 0. The Morgan fingerprint density at radius 2 is 1.55 bits per heavy atom. The highest BCUT2D eigenvalue weighted by atomic mass is 16.6. The maximum absolute atomic E-state index is 11.9. The molecule has 0 spiro atoms. The van der Waals surface area contributed by atoms with Crippen LogP contribution in [0.3, 0.4) is 0 Å². The minimum absolute atomic E-state index is 0.0889. The lowest BCUT2D eigenvalue weighted by Gasteiger charge is -2.24. The van der Waals surface area contributed by atoms with Crippen molar-refractivity contribution in [2.75, 3.05) is 14.1 Å². The van der Waals surface area contributed by atoms with Gasteiger partial charge in [-0.2, -0.15) is 0 Å². The Morgan fingerprint density at radius 1 is 0.871 bits per heavy atom. The molecular weight excluding hydrogens is 386 g/mol. The summed E-state index contributed by atoms with van der Waals surface area (Å²) >= 11 is 0. The number of nitrogens with zero attached hydrogens (tertiary/aromatic N) is 1. The third-order valence-electron chi connectivity index (χ3n) is 5.07. The van der Waals surface area contributed by atoms with Crippen LogP contribution < -0.4 is 4.74 Å². The summed E-state index contributed by atoms with van der Waals surface area (Å²) in [5, 5.41) is 0. The summed E-state index contributed by atoms with van der Waals surface area (Å²) in [6, 6.07) is 24.5. The first-order valence-electron chi connectivity index (χ1n) is 10.5. The van der Waals surface area contributed by atoms with Crippen LogP contribution in [0.25, 0.3) is 11.1 Å². The molecule has 0 unspecified atom stereocenters. The first-order valence-corrected chi connectivity index (χ1v) is 10.5. The number of rotatable bonds is 6. The molecule has 4 nitrogen and oxygen atoms in total. The van der Waals surface area contributed by atoms with E-state index >= 15 is 0 Å². The average molecular weight is 418 g/mol. The van der Waals surface area contributed by atoms with E-state index in [9.17, 15) is 4.79 Å².